The Balaban J connectivity index is 1.71. The second-order valence-electron chi connectivity index (χ2n) is 6.67. The van der Waals surface area contributed by atoms with Gasteiger partial charge in [0.05, 0.1) is 6.04 Å². The normalized spacial score (nSPS) is 18.4. The fourth-order valence-electron chi connectivity index (χ4n) is 3.06. The monoisotopic (exact) mass is 382 g/mol. The molecule has 2 heterocycles. The van der Waals surface area contributed by atoms with E-state index in [1.807, 2.05) is 12.1 Å². The van der Waals surface area contributed by atoms with Crippen LogP contribution in [0.4, 0.5) is 0 Å². The van der Waals surface area contributed by atoms with E-state index in [1.165, 1.54) is 0 Å². The maximum atomic E-state index is 12.7. The smallest absolute Gasteiger partial charge is 0.320 e. The number of rotatable bonds is 6. The predicted octanol–water partition coefficient (Wildman–Crippen LogP) is 0.357. The lowest BCUT2D eigenvalue weighted by Crippen LogP contribution is -2.57. The molecule has 2 aromatic rings. The van der Waals surface area contributed by atoms with Crippen molar-refractivity contribution in [3.05, 3.63) is 48.0 Å². The summed E-state index contributed by atoms with van der Waals surface area (Å²) < 4.78 is 0. The molecule has 1 saturated heterocycles. The van der Waals surface area contributed by atoms with Crippen molar-refractivity contribution in [3.8, 4) is 11.1 Å². The first-order valence-corrected chi connectivity index (χ1v) is 8.88. The number of hydrogen-bond donors (Lipinski definition) is 4. The van der Waals surface area contributed by atoms with Crippen LogP contribution in [0, 0.1) is 5.41 Å². The number of nitrogens with one attached hydrogen (secondary N) is 2. The Morgan fingerprint density at radius 1 is 1.25 bits per heavy atom. The molecular weight excluding hydrogens is 360 g/mol. The molecule has 28 heavy (non-hydrogen) atoms. The van der Waals surface area contributed by atoms with Gasteiger partial charge in [0.2, 0.25) is 5.78 Å². The van der Waals surface area contributed by atoms with Gasteiger partial charge in [-0.3, -0.25) is 19.9 Å². The number of carboxylic acid groups (broad SMARTS) is 1. The highest BCUT2D eigenvalue weighted by molar-refractivity contribution is 5.97. The van der Waals surface area contributed by atoms with E-state index in [0.29, 0.717) is 25.2 Å². The SMILES string of the molecule is CC(C(=O)O)N1CCNC(C(=O)c2ncc(-c3ccc(C(=N)N)cc3)cn2)C1. The van der Waals surface area contributed by atoms with Crippen molar-refractivity contribution in [2.24, 2.45) is 5.73 Å². The second-order valence-corrected chi connectivity index (χ2v) is 6.67. The fraction of sp³-hybridized carbons (Fsp3) is 0.316. The second kappa shape index (κ2) is 8.24. The van der Waals surface area contributed by atoms with Gasteiger partial charge in [-0.05, 0) is 12.5 Å². The molecule has 0 aliphatic carbocycles. The first-order valence-electron chi connectivity index (χ1n) is 8.88. The van der Waals surface area contributed by atoms with E-state index in [0.717, 1.165) is 11.1 Å². The number of ketones is 1. The Bertz CT molecular complexity index is 882. The molecule has 0 saturated carbocycles. The van der Waals surface area contributed by atoms with Gasteiger partial charge >= 0.3 is 5.97 Å². The number of benzene rings is 1. The standard InChI is InChI=1S/C19H22N6O3/c1-11(19(27)28)25-7-6-22-15(10-25)16(26)18-23-8-14(9-24-18)12-2-4-13(5-3-12)17(20)21/h2-5,8-9,11,15,22H,6-7,10H2,1H3,(H3,20,21)(H,27,28). The van der Waals surface area contributed by atoms with Crippen LogP contribution in [0.15, 0.2) is 36.7 Å². The Morgan fingerprint density at radius 3 is 2.46 bits per heavy atom. The number of nitrogens with zero attached hydrogens (tertiary/aromatic N) is 3. The summed E-state index contributed by atoms with van der Waals surface area (Å²) in [4.78, 5) is 34.0. The van der Waals surface area contributed by atoms with Crippen molar-refractivity contribution in [2.45, 2.75) is 19.0 Å². The minimum absolute atomic E-state index is 0.00464. The van der Waals surface area contributed by atoms with Crippen molar-refractivity contribution in [1.29, 1.82) is 5.41 Å². The molecule has 1 aliphatic heterocycles. The van der Waals surface area contributed by atoms with Crippen LogP contribution in [-0.2, 0) is 4.79 Å². The highest BCUT2D eigenvalue weighted by Gasteiger charge is 2.31. The van der Waals surface area contributed by atoms with Gasteiger partial charge in [0.15, 0.2) is 5.82 Å². The summed E-state index contributed by atoms with van der Waals surface area (Å²) in [5, 5.41) is 19.7. The first-order chi connectivity index (χ1) is 13.4. The van der Waals surface area contributed by atoms with Crippen molar-refractivity contribution in [1.82, 2.24) is 20.2 Å². The van der Waals surface area contributed by atoms with Gasteiger partial charge in [0.1, 0.15) is 11.9 Å². The van der Waals surface area contributed by atoms with Gasteiger partial charge in [-0.25, -0.2) is 9.97 Å². The summed E-state index contributed by atoms with van der Waals surface area (Å²) >= 11 is 0. The van der Waals surface area contributed by atoms with Gasteiger partial charge in [0, 0.05) is 43.2 Å². The lowest BCUT2D eigenvalue weighted by atomic mass is 10.1. The average Bonchev–Trinajstić information content (AvgIpc) is 2.73. The van der Waals surface area contributed by atoms with Crippen LogP contribution in [0.3, 0.4) is 0 Å². The summed E-state index contributed by atoms with van der Waals surface area (Å²) in [6.07, 6.45) is 3.15. The number of Topliss-reactive ketones (excluding diaryl/α,β-unsaturated/α-hetero) is 1. The Kier molecular flexibility index (Phi) is 5.76. The molecule has 1 fully saturated rings. The van der Waals surface area contributed by atoms with E-state index in [-0.39, 0.29) is 17.4 Å². The molecular formula is C19H22N6O3. The number of aliphatic carboxylic acids is 1. The minimum Gasteiger partial charge on any atom is -0.480 e. The van der Waals surface area contributed by atoms with E-state index in [2.05, 4.69) is 15.3 Å². The number of aromatic nitrogens is 2. The zero-order chi connectivity index (χ0) is 20.3. The highest BCUT2D eigenvalue weighted by Crippen LogP contribution is 2.18. The number of amidine groups is 1. The van der Waals surface area contributed by atoms with E-state index in [9.17, 15) is 14.7 Å². The van der Waals surface area contributed by atoms with Crippen LogP contribution in [0.2, 0.25) is 0 Å². The van der Waals surface area contributed by atoms with Gasteiger partial charge in [0.25, 0.3) is 0 Å². The lowest BCUT2D eigenvalue weighted by molar-refractivity contribution is -0.143. The van der Waals surface area contributed by atoms with E-state index in [1.54, 1.807) is 36.4 Å². The largest absolute Gasteiger partial charge is 0.480 e. The predicted molar refractivity (Wildman–Crippen MR) is 103 cm³/mol. The summed E-state index contributed by atoms with van der Waals surface area (Å²) in [6.45, 7) is 2.99. The van der Waals surface area contributed by atoms with E-state index in [4.69, 9.17) is 11.1 Å². The highest BCUT2D eigenvalue weighted by atomic mass is 16.4. The summed E-state index contributed by atoms with van der Waals surface area (Å²) in [5.41, 5.74) is 7.66. The van der Waals surface area contributed by atoms with E-state index >= 15 is 0 Å². The van der Waals surface area contributed by atoms with Crippen LogP contribution >= 0.6 is 0 Å². The molecule has 2 unspecified atom stereocenters. The molecule has 0 amide bonds. The number of piperazine rings is 1. The van der Waals surface area contributed by atoms with Gasteiger partial charge < -0.3 is 16.2 Å². The molecule has 1 aromatic heterocycles. The maximum absolute atomic E-state index is 12.7. The van der Waals surface area contributed by atoms with Crippen LogP contribution in [0.5, 0.6) is 0 Å². The Hall–Kier alpha value is -3.17. The van der Waals surface area contributed by atoms with Gasteiger partial charge in [-0.1, -0.05) is 24.3 Å². The Labute approximate surface area is 162 Å². The number of carboxylic acids is 1. The minimum atomic E-state index is -0.913. The van der Waals surface area contributed by atoms with Gasteiger partial charge in [-0.15, -0.1) is 0 Å². The molecule has 1 aliphatic rings. The molecule has 0 radical (unpaired) electrons. The third-order valence-electron chi connectivity index (χ3n) is 4.83. The number of nitrogen functional groups attached to an aromatic ring is 1. The van der Waals surface area contributed by atoms with Gasteiger partial charge in [-0.2, -0.15) is 0 Å². The third-order valence-corrected chi connectivity index (χ3v) is 4.83. The van der Waals surface area contributed by atoms with Crippen LogP contribution in [0.1, 0.15) is 23.1 Å². The fourth-order valence-corrected chi connectivity index (χ4v) is 3.06. The third kappa shape index (κ3) is 4.21. The molecule has 9 nitrogen and oxygen atoms in total. The molecule has 1 aromatic carbocycles. The lowest BCUT2D eigenvalue weighted by Gasteiger charge is -2.34. The number of carbonyl (C=O) groups is 2. The number of hydrogen-bond acceptors (Lipinski definition) is 7. The molecule has 0 bridgehead atoms. The molecule has 0 spiro atoms. The quantitative estimate of drug-likeness (QED) is 0.318. The van der Waals surface area contributed by atoms with E-state index < -0.39 is 18.1 Å². The zero-order valence-electron chi connectivity index (χ0n) is 15.4. The molecule has 146 valence electrons. The molecule has 2 atom stereocenters. The van der Waals surface area contributed by atoms with Crippen LogP contribution in [-0.4, -0.2) is 69.3 Å². The Morgan fingerprint density at radius 2 is 1.89 bits per heavy atom. The zero-order valence-corrected chi connectivity index (χ0v) is 15.4. The summed E-state index contributed by atoms with van der Waals surface area (Å²) in [5.74, 6) is -1.09. The van der Waals surface area contributed by atoms with Crippen molar-refractivity contribution < 1.29 is 14.7 Å². The topological polar surface area (TPSA) is 145 Å². The van der Waals surface area contributed by atoms with Crippen LogP contribution < -0.4 is 11.1 Å². The van der Waals surface area contributed by atoms with Crippen molar-refractivity contribution in [3.63, 3.8) is 0 Å². The maximum Gasteiger partial charge on any atom is 0.320 e. The van der Waals surface area contributed by atoms with Crippen molar-refractivity contribution in [2.75, 3.05) is 19.6 Å². The molecule has 5 N–H and O–H groups in total. The van der Waals surface area contributed by atoms with Crippen molar-refractivity contribution >= 4 is 17.6 Å². The first kappa shape index (κ1) is 19.6. The number of carbonyl (C=O) groups excluding carboxylic acids is 1. The molecule has 9 heteroatoms. The summed E-state index contributed by atoms with van der Waals surface area (Å²) in [7, 11) is 0. The molecule has 3 rings (SSSR count). The number of nitrogens with two attached hydrogens (primary N) is 1. The average molecular weight is 382 g/mol. The van der Waals surface area contributed by atoms with Crippen LogP contribution in [0.25, 0.3) is 11.1 Å². The summed E-state index contributed by atoms with van der Waals surface area (Å²) in [6, 6.07) is 5.90.